The minimum Gasteiger partial charge on any atom is -0.480 e. The highest BCUT2D eigenvalue weighted by Gasteiger charge is 2.26. The number of esters is 1. The van der Waals surface area contributed by atoms with Crippen LogP contribution in [-0.2, 0) is 39.9 Å². The lowest BCUT2D eigenvalue weighted by Crippen LogP contribution is -2.45. The monoisotopic (exact) mass is 780 g/mol. The molecule has 1 aliphatic heterocycles. The molecule has 1 aliphatic rings. The maximum Gasteiger partial charge on any atom is 0.324 e. The number of H-pyrrole nitrogens is 1. The van der Waals surface area contributed by atoms with Crippen LogP contribution in [0.5, 0.6) is 0 Å². The minimum absolute atomic E-state index is 0.0129. The quantitative estimate of drug-likeness (QED) is 0.0291. The Morgan fingerprint density at radius 1 is 0.852 bits per heavy atom. The number of hydrogen-bond donors (Lipinski definition) is 15. The van der Waals surface area contributed by atoms with Crippen molar-refractivity contribution in [1.29, 1.82) is 0 Å². The molecule has 24 nitrogen and oxygen atoms in total. The molecule has 1 saturated heterocycles. The number of carbonyl (C=O) groups is 6. The van der Waals surface area contributed by atoms with Gasteiger partial charge in [0.05, 0.1) is 6.33 Å². The fourth-order valence-corrected chi connectivity index (χ4v) is 3.43. The van der Waals surface area contributed by atoms with Crippen LogP contribution in [0.4, 0.5) is 0 Å². The van der Waals surface area contributed by atoms with Crippen LogP contribution in [0.2, 0.25) is 0 Å². The zero-order chi connectivity index (χ0) is 42.4. The van der Waals surface area contributed by atoms with Crippen molar-refractivity contribution < 1.29 is 59.0 Å². The maximum atomic E-state index is 11.4. The first-order valence-electron chi connectivity index (χ1n) is 16.7. The minimum atomic E-state index is -1.24. The molecule has 0 aliphatic carbocycles. The number of aliphatic imine (C=N–C) groups is 1. The molecule has 1 fully saturated rings. The van der Waals surface area contributed by atoms with E-state index in [0.717, 1.165) is 37.9 Å². The molecule has 0 radical (unpaired) electrons. The van der Waals surface area contributed by atoms with Gasteiger partial charge < -0.3 is 86.4 Å². The number of hydrogen-bond acceptors (Lipinski definition) is 16. The van der Waals surface area contributed by atoms with Gasteiger partial charge in [-0.25, -0.2) is 4.98 Å². The van der Waals surface area contributed by atoms with Crippen molar-refractivity contribution in [3.05, 3.63) is 18.2 Å². The Labute approximate surface area is 312 Å². The van der Waals surface area contributed by atoms with Crippen molar-refractivity contribution in [2.24, 2.45) is 50.9 Å². The van der Waals surface area contributed by atoms with Gasteiger partial charge in [-0.15, -0.1) is 0 Å². The van der Waals surface area contributed by atoms with E-state index < -0.39 is 72.1 Å². The molecule has 0 saturated carbocycles. The van der Waals surface area contributed by atoms with Gasteiger partial charge in [-0.1, -0.05) is 6.42 Å². The number of nitrogens with zero attached hydrogens (tertiary/aromatic N) is 2. The van der Waals surface area contributed by atoms with E-state index in [9.17, 15) is 28.8 Å². The molecule has 7 atom stereocenters. The van der Waals surface area contributed by atoms with Crippen molar-refractivity contribution in [2.45, 2.75) is 108 Å². The van der Waals surface area contributed by atoms with Gasteiger partial charge in [-0.2, -0.15) is 0 Å². The second kappa shape index (κ2) is 31.5. The molecule has 0 aromatic carbocycles. The number of nitrogens with two attached hydrogens (primary N) is 8. The van der Waals surface area contributed by atoms with E-state index in [-0.39, 0.29) is 18.4 Å². The number of aliphatic carboxylic acids is 5. The van der Waals surface area contributed by atoms with E-state index in [2.05, 4.69) is 20.3 Å². The number of imidazole rings is 1. The first-order chi connectivity index (χ1) is 25.1. The van der Waals surface area contributed by atoms with Gasteiger partial charge in [0.15, 0.2) is 5.96 Å². The predicted octanol–water partition coefficient (Wildman–Crippen LogP) is -4.16. The van der Waals surface area contributed by atoms with Crippen LogP contribution in [0.3, 0.4) is 0 Å². The van der Waals surface area contributed by atoms with Crippen molar-refractivity contribution in [2.75, 3.05) is 19.6 Å². The van der Waals surface area contributed by atoms with Crippen LogP contribution >= 0.6 is 0 Å². The van der Waals surface area contributed by atoms with Crippen LogP contribution in [0.15, 0.2) is 17.5 Å². The van der Waals surface area contributed by atoms with Gasteiger partial charge in [-0.05, 0) is 65.5 Å². The third-order valence-electron chi connectivity index (χ3n) is 6.71. The lowest BCUT2D eigenvalue weighted by atomic mass is 10.1. The summed E-state index contributed by atoms with van der Waals surface area (Å²) in [5.74, 6) is -5.52. The molecule has 24 heteroatoms. The maximum absolute atomic E-state index is 11.4. The lowest BCUT2D eigenvalue weighted by molar-refractivity contribution is -0.155. The highest BCUT2D eigenvalue weighted by atomic mass is 16.5. The third kappa shape index (κ3) is 30.6. The Balaban J connectivity index is -0.000000626. The van der Waals surface area contributed by atoms with Crippen molar-refractivity contribution in [3.63, 3.8) is 0 Å². The number of nitrogens with one attached hydrogen (secondary N) is 2. The summed E-state index contributed by atoms with van der Waals surface area (Å²) in [7, 11) is 0. The van der Waals surface area contributed by atoms with E-state index in [4.69, 9.17) is 76.1 Å². The number of rotatable bonds is 18. The Bertz CT molecular complexity index is 1240. The smallest absolute Gasteiger partial charge is 0.324 e. The van der Waals surface area contributed by atoms with E-state index in [1.807, 2.05) is 0 Å². The van der Waals surface area contributed by atoms with Crippen LogP contribution < -0.4 is 51.2 Å². The number of carbonyl (C=O) groups excluding carboxylic acids is 1. The number of aromatic nitrogens is 2. The Hall–Kier alpha value is -4.98. The molecule has 0 bridgehead atoms. The first kappa shape index (κ1) is 53.4. The summed E-state index contributed by atoms with van der Waals surface area (Å²) in [6.07, 6.45) is 7.15. The summed E-state index contributed by atoms with van der Waals surface area (Å²) < 4.78 is 4.86. The molecular formula is C30H60N12O12. The van der Waals surface area contributed by atoms with E-state index in [0.29, 0.717) is 32.4 Å². The first-order valence-corrected chi connectivity index (χ1v) is 16.7. The van der Waals surface area contributed by atoms with Crippen LogP contribution in [0, 0.1) is 0 Å². The highest BCUT2D eigenvalue weighted by Crippen LogP contribution is 2.05. The van der Waals surface area contributed by atoms with Gasteiger partial charge in [0.25, 0.3) is 0 Å². The standard InChI is InChI=1S/C10H21N3O4.C6H14N4O2.C6H9N3O2.C5H9NO2.C3H7NO2/c1-6(8(13)9(14)15)17-10(16)7(12)4-2-3-5-11;7-4(5(11)12)2-1-3-10-6(8)9;7-5(6(10)11)1-4-2-8-3-9-4;7-5(8)4-2-1-3-6-4;1-2(4)3(5)6/h6-8H,2-5,11-13H2,1H3,(H,14,15);4H,1-3,7H2,(H,11,12)(H4,8,9,10);2-3,5H,1,7H2,(H,8,9)(H,10,11);4,6H,1-3H2,(H,7,8);2H,4H2,1H3,(H,5,6)/t6-,7+,8+;4-;5-;4-;2-/m10000/s1. The molecule has 2 rings (SSSR count). The van der Waals surface area contributed by atoms with E-state index >= 15 is 0 Å². The average Bonchev–Trinajstić information content (AvgIpc) is 3.83. The molecular weight excluding hydrogens is 720 g/mol. The molecule has 0 spiro atoms. The van der Waals surface area contributed by atoms with Crippen LogP contribution in [0.25, 0.3) is 0 Å². The normalized spacial score (nSPS) is 16.0. The average molecular weight is 781 g/mol. The molecule has 0 unspecified atom stereocenters. The van der Waals surface area contributed by atoms with E-state index in [1.165, 1.54) is 20.2 Å². The molecule has 1 aromatic heterocycles. The SMILES string of the molecule is C[C@@H](OC(=O)[C@@H](N)CCCCN)[C@H](N)C(=O)O.C[C@H](N)C(=O)O.NC(N)=NCCC[C@H](N)C(=O)O.N[C@@H](Cc1cnc[nH]1)C(=O)O.O=C(O)[C@@H]1CCCN1. The van der Waals surface area contributed by atoms with Crippen LogP contribution in [-0.4, -0.2) is 139 Å². The third-order valence-corrected chi connectivity index (χ3v) is 6.71. The molecule has 23 N–H and O–H groups in total. The second-order valence-corrected chi connectivity index (χ2v) is 11.6. The summed E-state index contributed by atoms with van der Waals surface area (Å²) in [6, 6.07) is -4.67. The Kier molecular flexibility index (Phi) is 31.2. The summed E-state index contributed by atoms with van der Waals surface area (Å²) >= 11 is 0. The van der Waals surface area contributed by atoms with Crippen molar-refractivity contribution in [3.8, 4) is 0 Å². The van der Waals surface area contributed by atoms with Gasteiger partial charge in [0, 0.05) is 24.9 Å². The Morgan fingerprint density at radius 3 is 1.78 bits per heavy atom. The molecule has 1 aromatic rings. The summed E-state index contributed by atoms with van der Waals surface area (Å²) in [6.45, 7) is 4.66. The zero-order valence-electron chi connectivity index (χ0n) is 30.6. The zero-order valence-corrected chi connectivity index (χ0v) is 30.6. The van der Waals surface area contributed by atoms with Gasteiger partial charge in [0.1, 0.15) is 42.4 Å². The fourth-order valence-electron chi connectivity index (χ4n) is 3.43. The molecule has 0 amide bonds. The number of guanidine groups is 1. The topological polar surface area (TPSA) is 474 Å². The number of ether oxygens (including phenoxy) is 1. The number of carboxylic acids is 5. The number of unbranched alkanes of at least 4 members (excludes halogenated alkanes) is 1. The van der Waals surface area contributed by atoms with E-state index in [1.54, 1.807) is 6.20 Å². The molecule has 54 heavy (non-hydrogen) atoms. The van der Waals surface area contributed by atoms with Crippen molar-refractivity contribution in [1.82, 2.24) is 15.3 Å². The number of aromatic amines is 1. The molecule has 2 heterocycles. The summed E-state index contributed by atoms with van der Waals surface area (Å²) in [4.78, 5) is 72.4. The highest BCUT2D eigenvalue weighted by molar-refractivity contribution is 5.78. The lowest BCUT2D eigenvalue weighted by Gasteiger charge is -2.19. The van der Waals surface area contributed by atoms with Gasteiger partial charge in [-0.3, -0.25) is 33.8 Å². The van der Waals surface area contributed by atoms with Crippen LogP contribution in [0.1, 0.15) is 64.5 Å². The predicted molar refractivity (Wildman–Crippen MR) is 195 cm³/mol. The van der Waals surface area contributed by atoms with Gasteiger partial charge in [0.2, 0.25) is 0 Å². The summed E-state index contributed by atoms with van der Waals surface area (Å²) in [5, 5.41) is 44.5. The molecule has 312 valence electrons. The largest absolute Gasteiger partial charge is 0.480 e. The number of carboxylic acid groups (broad SMARTS) is 5. The fraction of sp³-hybridized carbons (Fsp3) is 0.667. The Morgan fingerprint density at radius 2 is 1.41 bits per heavy atom. The van der Waals surface area contributed by atoms with Gasteiger partial charge >= 0.3 is 35.8 Å². The summed E-state index contributed by atoms with van der Waals surface area (Å²) in [5.41, 5.74) is 42.3. The van der Waals surface area contributed by atoms with Crippen molar-refractivity contribution >= 4 is 41.8 Å². The second-order valence-electron chi connectivity index (χ2n) is 11.6.